The molecular formula is C18H20ClN3O2. The number of aromatic nitrogens is 2. The van der Waals surface area contributed by atoms with Gasteiger partial charge in [-0.05, 0) is 43.4 Å². The summed E-state index contributed by atoms with van der Waals surface area (Å²) < 4.78 is 7.28. The van der Waals surface area contributed by atoms with Crippen molar-refractivity contribution < 1.29 is 9.53 Å². The molecule has 0 radical (unpaired) electrons. The molecule has 1 aliphatic heterocycles. The minimum Gasteiger partial charge on any atom is -0.466 e. The molecule has 3 rings (SSSR count). The number of ether oxygens (including phenoxy) is 1. The van der Waals surface area contributed by atoms with E-state index in [0.29, 0.717) is 18.6 Å². The van der Waals surface area contributed by atoms with Gasteiger partial charge in [-0.25, -0.2) is 4.98 Å². The first-order valence-electron chi connectivity index (χ1n) is 7.89. The Kier molecular flexibility index (Phi) is 5.99. The molecule has 1 aromatic carbocycles. The molecule has 5 nitrogen and oxygen atoms in total. The van der Waals surface area contributed by atoms with Crippen LogP contribution in [0.25, 0.3) is 0 Å². The molecule has 6 heteroatoms. The fourth-order valence-electron chi connectivity index (χ4n) is 3.33. The van der Waals surface area contributed by atoms with Crippen LogP contribution < -0.4 is 0 Å². The Morgan fingerprint density at radius 2 is 2.17 bits per heavy atom. The molecule has 2 unspecified atom stereocenters. The first-order valence-corrected chi connectivity index (χ1v) is 7.89. The minimum atomic E-state index is -0.153. The average Bonchev–Trinajstić information content (AvgIpc) is 3.03. The maximum atomic E-state index is 11.9. The Balaban J connectivity index is 0.00000208. The van der Waals surface area contributed by atoms with Crippen molar-refractivity contribution in [3.8, 4) is 6.07 Å². The lowest BCUT2D eigenvalue weighted by Crippen LogP contribution is -2.29. The second-order valence-electron chi connectivity index (χ2n) is 5.78. The number of hydrogen-bond donors (Lipinski definition) is 0. The smallest absolute Gasteiger partial charge is 0.306 e. The van der Waals surface area contributed by atoms with Crippen LogP contribution in [-0.2, 0) is 16.0 Å². The molecule has 2 aromatic rings. The molecule has 126 valence electrons. The number of nitriles is 1. The van der Waals surface area contributed by atoms with Crippen LogP contribution in [0.3, 0.4) is 0 Å². The lowest BCUT2D eigenvalue weighted by atomic mass is 9.83. The normalized spacial score (nSPS) is 18.8. The Morgan fingerprint density at radius 3 is 2.83 bits per heavy atom. The molecule has 1 aliphatic rings. The molecule has 1 aromatic heterocycles. The first kappa shape index (κ1) is 18.0. The Bertz CT molecular complexity index is 733. The molecule has 24 heavy (non-hydrogen) atoms. The largest absolute Gasteiger partial charge is 0.466 e. The van der Waals surface area contributed by atoms with E-state index in [4.69, 9.17) is 10.00 Å². The summed E-state index contributed by atoms with van der Waals surface area (Å²) in [7, 11) is 0. The second-order valence-corrected chi connectivity index (χ2v) is 5.78. The monoisotopic (exact) mass is 345 g/mol. The molecular weight excluding hydrogens is 326 g/mol. The highest BCUT2D eigenvalue weighted by Gasteiger charge is 2.32. The Hall–Kier alpha value is -2.32. The minimum absolute atomic E-state index is 0. The summed E-state index contributed by atoms with van der Waals surface area (Å²) in [6.07, 6.45) is 5.95. The van der Waals surface area contributed by atoms with Gasteiger partial charge in [0, 0.05) is 11.9 Å². The molecule has 0 amide bonds. The van der Waals surface area contributed by atoms with E-state index >= 15 is 0 Å². The fraction of sp³-hybridized carbons (Fsp3) is 0.389. The van der Waals surface area contributed by atoms with Crippen molar-refractivity contribution in [1.29, 1.82) is 5.26 Å². The van der Waals surface area contributed by atoms with Crippen molar-refractivity contribution in [2.75, 3.05) is 6.61 Å². The van der Waals surface area contributed by atoms with Crippen molar-refractivity contribution in [2.45, 2.75) is 32.2 Å². The number of imidazole rings is 1. The number of fused-ring (bicyclic) bond motifs is 1. The van der Waals surface area contributed by atoms with Gasteiger partial charge in [0.05, 0.1) is 37.0 Å². The van der Waals surface area contributed by atoms with Crippen LogP contribution in [0.1, 0.15) is 42.6 Å². The van der Waals surface area contributed by atoms with Gasteiger partial charge in [-0.2, -0.15) is 5.26 Å². The highest BCUT2D eigenvalue weighted by atomic mass is 35.5. The number of rotatable bonds is 4. The first-order chi connectivity index (χ1) is 11.2. The topological polar surface area (TPSA) is 67.9 Å². The zero-order chi connectivity index (χ0) is 16.2. The fourth-order valence-corrected chi connectivity index (χ4v) is 3.33. The van der Waals surface area contributed by atoms with Gasteiger partial charge < -0.3 is 9.30 Å². The molecule has 0 saturated heterocycles. The van der Waals surface area contributed by atoms with Gasteiger partial charge in [-0.3, -0.25) is 4.79 Å². The Labute approximate surface area is 147 Å². The molecule has 0 N–H and O–H groups in total. The summed E-state index contributed by atoms with van der Waals surface area (Å²) in [6, 6.07) is 9.77. The summed E-state index contributed by atoms with van der Waals surface area (Å²) >= 11 is 0. The van der Waals surface area contributed by atoms with Crippen molar-refractivity contribution in [3.63, 3.8) is 0 Å². The third-order valence-corrected chi connectivity index (χ3v) is 4.38. The van der Waals surface area contributed by atoms with Crippen molar-refractivity contribution in [2.24, 2.45) is 5.92 Å². The van der Waals surface area contributed by atoms with Crippen molar-refractivity contribution >= 4 is 18.4 Å². The molecule has 2 heterocycles. The van der Waals surface area contributed by atoms with Crippen LogP contribution in [0, 0.1) is 17.2 Å². The predicted molar refractivity (Wildman–Crippen MR) is 91.8 cm³/mol. The number of hydrogen-bond acceptors (Lipinski definition) is 4. The number of carbonyl (C=O) groups excluding carboxylic acids is 1. The number of nitrogens with zero attached hydrogens (tertiary/aromatic N) is 3. The van der Waals surface area contributed by atoms with Crippen LogP contribution >= 0.6 is 12.4 Å². The summed E-state index contributed by atoms with van der Waals surface area (Å²) in [4.78, 5) is 16.2. The summed E-state index contributed by atoms with van der Waals surface area (Å²) in [5.74, 6) is 0.0170. The summed E-state index contributed by atoms with van der Waals surface area (Å²) in [5, 5.41) is 8.97. The van der Waals surface area contributed by atoms with Gasteiger partial charge in [-0.15, -0.1) is 12.4 Å². The van der Waals surface area contributed by atoms with Crippen LogP contribution in [0.2, 0.25) is 0 Å². The molecule has 2 atom stereocenters. The van der Waals surface area contributed by atoms with Crippen LogP contribution in [0.15, 0.2) is 36.8 Å². The number of halogens is 1. The van der Waals surface area contributed by atoms with E-state index in [2.05, 4.69) is 15.6 Å². The lowest BCUT2D eigenvalue weighted by Gasteiger charge is -2.33. The quantitative estimate of drug-likeness (QED) is 0.797. The number of esters is 1. The molecule has 0 saturated carbocycles. The highest BCUT2D eigenvalue weighted by molar-refractivity contribution is 5.85. The van der Waals surface area contributed by atoms with Crippen LogP contribution in [0.5, 0.6) is 0 Å². The van der Waals surface area contributed by atoms with Crippen molar-refractivity contribution in [3.05, 3.63) is 53.6 Å². The molecule has 0 aliphatic carbocycles. The third-order valence-electron chi connectivity index (χ3n) is 4.38. The number of benzene rings is 1. The van der Waals surface area contributed by atoms with Crippen LogP contribution in [0.4, 0.5) is 0 Å². The van der Waals surface area contributed by atoms with Gasteiger partial charge in [0.2, 0.25) is 0 Å². The van der Waals surface area contributed by atoms with Gasteiger partial charge in [0.15, 0.2) is 0 Å². The third kappa shape index (κ3) is 3.60. The Morgan fingerprint density at radius 1 is 1.42 bits per heavy atom. The summed E-state index contributed by atoms with van der Waals surface area (Å²) in [5.41, 5.74) is 2.91. The number of carbonyl (C=O) groups is 1. The molecule has 0 fully saturated rings. The summed E-state index contributed by atoms with van der Waals surface area (Å²) in [6.45, 7) is 2.23. The van der Waals surface area contributed by atoms with Crippen LogP contribution in [-0.4, -0.2) is 22.1 Å². The van der Waals surface area contributed by atoms with E-state index in [1.54, 1.807) is 0 Å². The average molecular weight is 346 g/mol. The van der Waals surface area contributed by atoms with Gasteiger partial charge in [0.1, 0.15) is 0 Å². The van der Waals surface area contributed by atoms with E-state index < -0.39 is 0 Å². The van der Waals surface area contributed by atoms with E-state index in [1.165, 1.54) is 5.69 Å². The SMILES string of the molecule is CCOC(=O)CC1CCc2cncn2C1c1ccc(C#N)cc1.Cl. The standard InChI is InChI=1S/C18H19N3O2.ClH/c1-2-23-17(22)9-15-7-8-16-11-20-12-21(16)18(15)14-5-3-13(10-19)4-6-14;/h3-6,11-12,15,18H,2,7-9H2,1H3;1H. The predicted octanol–water partition coefficient (Wildman–Crippen LogP) is 3.28. The van der Waals surface area contributed by atoms with Crippen molar-refractivity contribution in [1.82, 2.24) is 9.55 Å². The van der Waals surface area contributed by atoms with E-state index in [1.807, 2.05) is 43.7 Å². The maximum Gasteiger partial charge on any atom is 0.306 e. The maximum absolute atomic E-state index is 11.9. The highest BCUT2D eigenvalue weighted by Crippen LogP contribution is 2.37. The molecule has 0 bridgehead atoms. The van der Waals surface area contributed by atoms with Gasteiger partial charge in [-0.1, -0.05) is 12.1 Å². The zero-order valence-corrected chi connectivity index (χ0v) is 14.3. The van der Waals surface area contributed by atoms with E-state index in [-0.39, 0.29) is 30.3 Å². The van der Waals surface area contributed by atoms with Gasteiger partial charge >= 0.3 is 5.97 Å². The number of aryl methyl sites for hydroxylation is 1. The van der Waals surface area contributed by atoms with E-state index in [0.717, 1.165) is 18.4 Å². The lowest BCUT2D eigenvalue weighted by molar-refractivity contribution is -0.144. The zero-order valence-electron chi connectivity index (χ0n) is 13.5. The molecule has 0 spiro atoms. The van der Waals surface area contributed by atoms with E-state index in [9.17, 15) is 4.79 Å². The van der Waals surface area contributed by atoms with Gasteiger partial charge in [0.25, 0.3) is 0 Å². The second kappa shape index (κ2) is 7.98.